The van der Waals surface area contributed by atoms with Crippen LogP contribution in [0.3, 0.4) is 0 Å². The number of benzene rings is 2. The molecule has 0 bridgehead atoms. The summed E-state index contributed by atoms with van der Waals surface area (Å²) >= 11 is 6.22. The average molecular weight is 229 g/mol. The molecular weight excluding hydrogens is 218 g/mol. The van der Waals surface area contributed by atoms with Crippen LogP contribution in [0.25, 0.3) is 21.8 Å². The van der Waals surface area contributed by atoms with Crippen molar-refractivity contribution in [2.24, 2.45) is 7.05 Å². The SMILES string of the molecule is C[n+]1c2ccccc2cc2c(Cl)cccc21. The van der Waals surface area contributed by atoms with Gasteiger partial charge in [0.05, 0.1) is 10.4 Å². The largest absolute Gasteiger partial charge is 0.214 e. The number of halogens is 1. The number of hydrogen-bond acceptors (Lipinski definition) is 0. The van der Waals surface area contributed by atoms with E-state index in [0.29, 0.717) is 0 Å². The Kier molecular flexibility index (Phi) is 2.08. The van der Waals surface area contributed by atoms with Crippen LogP contribution in [-0.2, 0) is 7.05 Å². The van der Waals surface area contributed by atoms with Gasteiger partial charge in [0.1, 0.15) is 7.05 Å². The number of nitrogens with zero attached hydrogens (tertiary/aromatic N) is 1. The van der Waals surface area contributed by atoms with Gasteiger partial charge >= 0.3 is 0 Å². The van der Waals surface area contributed by atoms with Crippen molar-refractivity contribution in [3.05, 3.63) is 53.6 Å². The van der Waals surface area contributed by atoms with Gasteiger partial charge in [-0.25, -0.2) is 0 Å². The summed E-state index contributed by atoms with van der Waals surface area (Å²) in [5.41, 5.74) is 2.38. The van der Waals surface area contributed by atoms with Gasteiger partial charge < -0.3 is 0 Å². The van der Waals surface area contributed by atoms with Crippen molar-refractivity contribution < 1.29 is 4.57 Å². The smallest absolute Gasteiger partial charge is 0.194 e. The van der Waals surface area contributed by atoms with E-state index in [1.54, 1.807) is 0 Å². The molecular formula is C14H11ClN+. The Balaban J connectivity index is 2.61. The zero-order chi connectivity index (χ0) is 11.1. The summed E-state index contributed by atoms with van der Waals surface area (Å²) in [7, 11) is 2.07. The second-order valence-corrected chi connectivity index (χ2v) is 4.34. The maximum absolute atomic E-state index is 6.22. The first-order valence-electron chi connectivity index (χ1n) is 5.23. The molecule has 0 amide bonds. The van der Waals surface area contributed by atoms with Crippen LogP contribution in [0.15, 0.2) is 48.5 Å². The maximum Gasteiger partial charge on any atom is 0.214 e. The molecule has 0 radical (unpaired) electrons. The lowest BCUT2D eigenvalue weighted by Gasteiger charge is -2.02. The molecule has 0 saturated heterocycles. The Morgan fingerprint density at radius 1 is 0.938 bits per heavy atom. The monoisotopic (exact) mass is 228 g/mol. The van der Waals surface area contributed by atoms with Gasteiger partial charge in [0, 0.05) is 17.5 Å². The van der Waals surface area contributed by atoms with Crippen molar-refractivity contribution in [1.29, 1.82) is 0 Å². The molecule has 3 rings (SSSR count). The van der Waals surface area contributed by atoms with Gasteiger partial charge in [-0.2, -0.15) is 4.57 Å². The molecule has 1 nitrogen and oxygen atoms in total. The fraction of sp³-hybridized carbons (Fsp3) is 0.0714. The molecule has 0 aliphatic heterocycles. The van der Waals surface area contributed by atoms with Crippen molar-refractivity contribution in [2.45, 2.75) is 0 Å². The number of fused-ring (bicyclic) bond motifs is 2. The Bertz CT molecular complexity index is 689. The Labute approximate surface area is 98.9 Å². The first kappa shape index (κ1) is 9.61. The quantitative estimate of drug-likeness (QED) is 0.410. The predicted octanol–water partition coefficient (Wildman–Crippen LogP) is 3.47. The van der Waals surface area contributed by atoms with E-state index in [2.05, 4.69) is 41.9 Å². The molecule has 3 aromatic rings. The fourth-order valence-corrected chi connectivity index (χ4v) is 2.39. The molecule has 0 saturated carbocycles. The molecule has 0 unspecified atom stereocenters. The van der Waals surface area contributed by atoms with Crippen LogP contribution in [-0.4, -0.2) is 0 Å². The molecule has 0 aliphatic carbocycles. The van der Waals surface area contributed by atoms with Crippen LogP contribution < -0.4 is 4.57 Å². The van der Waals surface area contributed by atoms with E-state index in [-0.39, 0.29) is 0 Å². The van der Waals surface area contributed by atoms with Gasteiger partial charge in [-0.1, -0.05) is 29.8 Å². The number of pyridine rings is 1. The predicted molar refractivity (Wildman–Crippen MR) is 67.6 cm³/mol. The van der Waals surface area contributed by atoms with E-state index in [9.17, 15) is 0 Å². The summed E-state index contributed by atoms with van der Waals surface area (Å²) in [6.07, 6.45) is 0. The number of aromatic nitrogens is 1. The average Bonchev–Trinajstić information content (AvgIpc) is 2.31. The molecule has 0 atom stereocenters. The van der Waals surface area contributed by atoms with Crippen molar-refractivity contribution in [3.63, 3.8) is 0 Å². The van der Waals surface area contributed by atoms with E-state index in [4.69, 9.17) is 11.6 Å². The third-order valence-electron chi connectivity index (χ3n) is 2.99. The summed E-state index contributed by atoms with van der Waals surface area (Å²) in [5, 5.41) is 3.12. The topological polar surface area (TPSA) is 3.88 Å². The van der Waals surface area contributed by atoms with Gasteiger partial charge in [0.25, 0.3) is 0 Å². The maximum atomic E-state index is 6.22. The van der Waals surface area contributed by atoms with Crippen LogP contribution in [0.1, 0.15) is 0 Å². The highest BCUT2D eigenvalue weighted by Gasteiger charge is 2.12. The third-order valence-corrected chi connectivity index (χ3v) is 3.32. The van der Waals surface area contributed by atoms with Gasteiger partial charge in [0.15, 0.2) is 0 Å². The Hall–Kier alpha value is -1.60. The van der Waals surface area contributed by atoms with Crippen molar-refractivity contribution >= 4 is 33.4 Å². The molecule has 2 aromatic carbocycles. The second kappa shape index (κ2) is 3.46. The van der Waals surface area contributed by atoms with Crippen LogP contribution in [0, 0.1) is 0 Å². The van der Waals surface area contributed by atoms with Crippen LogP contribution in [0.5, 0.6) is 0 Å². The molecule has 1 aromatic heterocycles. The molecule has 0 spiro atoms. The van der Waals surface area contributed by atoms with Crippen LogP contribution >= 0.6 is 11.6 Å². The van der Waals surface area contributed by atoms with E-state index in [0.717, 1.165) is 15.9 Å². The Morgan fingerprint density at radius 2 is 1.69 bits per heavy atom. The summed E-state index contributed by atoms with van der Waals surface area (Å²) in [6, 6.07) is 16.5. The van der Waals surface area contributed by atoms with Gasteiger partial charge in [-0.3, -0.25) is 0 Å². The lowest BCUT2D eigenvalue weighted by Crippen LogP contribution is -2.29. The van der Waals surface area contributed by atoms with Crippen LogP contribution in [0.4, 0.5) is 0 Å². The molecule has 0 fully saturated rings. The normalized spacial score (nSPS) is 11.1. The van der Waals surface area contributed by atoms with E-state index in [1.165, 1.54) is 10.9 Å². The summed E-state index contributed by atoms with van der Waals surface area (Å²) in [5.74, 6) is 0. The summed E-state index contributed by atoms with van der Waals surface area (Å²) in [4.78, 5) is 0. The summed E-state index contributed by atoms with van der Waals surface area (Å²) in [6.45, 7) is 0. The van der Waals surface area contributed by atoms with Crippen molar-refractivity contribution in [3.8, 4) is 0 Å². The fourth-order valence-electron chi connectivity index (χ4n) is 2.16. The molecule has 1 heterocycles. The minimum absolute atomic E-state index is 0.804. The minimum Gasteiger partial charge on any atom is -0.194 e. The zero-order valence-electron chi connectivity index (χ0n) is 8.94. The van der Waals surface area contributed by atoms with Crippen molar-refractivity contribution in [2.75, 3.05) is 0 Å². The third kappa shape index (κ3) is 1.29. The zero-order valence-corrected chi connectivity index (χ0v) is 9.70. The van der Waals surface area contributed by atoms with E-state index < -0.39 is 0 Å². The highest BCUT2D eigenvalue weighted by molar-refractivity contribution is 6.35. The van der Waals surface area contributed by atoms with Crippen LogP contribution in [0.2, 0.25) is 5.02 Å². The number of hydrogen-bond donors (Lipinski definition) is 0. The molecule has 16 heavy (non-hydrogen) atoms. The van der Waals surface area contributed by atoms with E-state index in [1.807, 2.05) is 18.2 Å². The summed E-state index contributed by atoms with van der Waals surface area (Å²) < 4.78 is 2.18. The first-order valence-corrected chi connectivity index (χ1v) is 5.61. The molecule has 78 valence electrons. The lowest BCUT2D eigenvalue weighted by molar-refractivity contribution is -0.617. The van der Waals surface area contributed by atoms with Crippen molar-refractivity contribution in [1.82, 2.24) is 0 Å². The minimum atomic E-state index is 0.804. The second-order valence-electron chi connectivity index (χ2n) is 3.93. The number of rotatable bonds is 0. The highest BCUT2D eigenvalue weighted by atomic mass is 35.5. The van der Waals surface area contributed by atoms with Gasteiger partial charge in [-0.15, -0.1) is 0 Å². The molecule has 0 N–H and O–H groups in total. The van der Waals surface area contributed by atoms with Gasteiger partial charge in [0.2, 0.25) is 11.0 Å². The standard InChI is InChI=1S/C14H11ClN/c1-16-13-7-3-2-5-10(13)9-11-12(15)6-4-8-14(11)16/h2-9H,1H3/q+1. The Morgan fingerprint density at radius 3 is 2.56 bits per heavy atom. The molecule has 2 heteroatoms. The number of para-hydroxylation sites is 1. The first-order chi connectivity index (χ1) is 7.77. The number of aryl methyl sites for hydroxylation is 1. The molecule has 0 aliphatic rings. The lowest BCUT2D eigenvalue weighted by atomic mass is 10.1. The highest BCUT2D eigenvalue weighted by Crippen LogP contribution is 2.24. The van der Waals surface area contributed by atoms with E-state index >= 15 is 0 Å². The van der Waals surface area contributed by atoms with Gasteiger partial charge in [-0.05, 0) is 18.2 Å².